The minimum atomic E-state index is -0.381. The van der Waals surface area contributed by atoms with Crippen molar-refractivity contribution in [2.24, 2.45) is 0 Å². The standard InChI is InChI=1S/C14H12N4O2/c1-20-13-6-9(7-15)2-4-11(13)18-14(19)12-5-3-10(16)8-17-12/h2-6,8H,16H2,1H3,(H,18,19). The Balaban J connectivity index is 2.23. The summed E-state index contributed by atoms with van der Waals surface area (Å²) in [5, 5.41) is 11.5. The van der Waals surface area contributed by atoms with E-state index in [2.05, 4.69) is 10.3 Å². The van der Waals surface area contributed by atoms with E-state index in [1.54, 1.807) is 24.3 Å². The Morgan fingerprint density at radius 2 is 2.20 bits per heavy atom. The number of aromatic nitrogens is 1. The molecule has 100 valence electrons. The number of hydrogen-bond acceptors (Lipinski definition) is 5. The van der Waals surface area contributed by atoms with E-state index in [9.17, 15) is 4.79 Å². The van der Waals surface area contributed by atoms with E-state index in [1.165, 1.54) is 19.4 Å². The number of carbonyl (C=O) groups excluding carboxylic acids is 1. The van der Waals surface area contributed by atoms with Crippen molar-refractivity contribution in [3.63, 3.8) is 0 Å². The second-order valence-electron chi connectivity index (χ2n) is 3.96. The number of nitrogens with zero attached hydrogens (tertiary/aromatic N) is 2. The number of ether oxygens (including phenoxy) is 1. The van der Waals surface area contributed by atoms with Crippen LogP contribution in [-0.4, -0.2) is 18.0 Å². The minimum absolute atomic E-state index is 0.241. The summed E-state index contributed by atoms with van der Waals surface area (Å²) < 4.78 is 5.14. The summed E-state index contributed by atoms with van der Waals surface area (Å²) in [7, 11) is 1.47. The maximum absolute atomic E-state index is 12.0. The lowest BCUT2D eigenvalue weighted by Gasteiger charge is -2.10. The molecule has 0 bridgehead atoms. The molecular weight excluding hydrogens is 256 g/mol. The Hall–Kier alpha value is -3.07. The molecule has 0 saturated carbocycles. The van der Waals surface area contributed by atoms with Crippen molar-refractivity contribution < 1.29 is 9.53 Å². The van der Waals surface area contributed by atoms with Gasteiger partial charge < -0.3 is 15.8 Å². The number of amides is 1. The lowest BCUT2D eigenvalue weighted by molar-refractivity contribution is 0.102. The van der Waals surface area contributed by atoms with Crippen LogP contribution in [0.1, 0.15) is 16.1 Å². The molecule has 1 amide bonds. The van der Waals surface area contributed by atoms with Crippen LogP contribution in [0.4, 0.5) is 11.4 Å². The number of rotatable bonds is 3. The van der Waals surface area contributed by atoms with Crippen LogP contribution in [0.3, 0.4) is 0 Å². The number of carbonyl (C=O) groups is 1. The van der Waals surface area contributed by atoms with Crippen molar-refractivity contribution >= 4 is 17.3 Å². The SMILES string of the molecule is COc1cc(C#N)ccc1NC(=O)c1ccc(N)cn1. The largest absolute Gasteiger partial charge is 0.495 e. The van der Waals surface area contributed by atoms with E-state index in [0.717, 1.165) is 0 Å². The lowest BCUT2D eigenvalue weighted by Crippen LogP contribution is -2.14. The topological polar surface area (TPSA) is 101 Å². The molecular formula is C14H12N4O2. The van der Waals surface area contributed by atoms with Gasteiger partial charge in [-0.15, -0.1) is 0 Å². The van der Waals surface area contributed by atoms with E-state index in [4.69, 9.17) is 15.7 Å². The van der Waals surface area contributed by atoms with Gasteiger partial charge in [0.2, 0.25) is 0 Å². The summed E-state index contributed by atoms with van der Waals surface area (Å²) >= 11 is 0. The van der Waals surface area contributed by atoms with Gasteiger partial charge in [0.1, 0.15) is 11.4 Å². The minimum Gasteiger partial charge on any atom is -0.495 e. The molecule has 0 spiro atoms. The van der Waals surface area contributed by atoms with Gasteiger partial charge in [-0.25, -0.2) is 4.98 Å². The van der Waals surface area contributed by atoms with Crippen LogP contribution in [-0.2, 0) is 0 Å². The molecule has 6 heteroatoms. The monoisotopic (exact) mass is 268 g/mol. The van der Waals surface area contributed by atoms with Gasteiger partial charge in [0.15, 0.2) is 0 Å². The molecule has 0 fully saturated rings. The van der Waals surface area contributed by atoms with Gasteiger partial charge >= 0.3 is 0 Å². The predicted molar refractivity (Wildman–Crippen MR) is 74.3 cm³/mol. The van der Waals surface area contributed by atoms with Gasteiger partial charge in [0.05, 0.1) is 36.3 Å². The fraction of sp³-hybridized carbons (Fsp3) is 0.0714. The third-order valence-corrected chi connectivity index (χ3v) is 2.60. The van der Waals surface area contributed by atoms with Crippen molar-refractivity contribution in [1.29, 1.82) is 5.26 Å². The third-order valence-electron chi connectivity index (χ3n) is 2.60. The first-order valence-electron chi connectivity index (χ1n) is 5.75. The number of nitriles is 1. The van der Waals surface area contributed by atoms with E-state index >= 15 is 0 Å². The van der Waals surface area contributed by atoms with Gasteiger partial charge in [-0.1, -0.05) is 0 Å². The highest BCUT2D eigenvalue weighted by Crippen LogP contribution is 2.25. The normalized spacial score (nSPS) is 9.60. The highest BCUT2D eigenvalue weighted by Gasteiger charge is 2.11. The predicted octanol–water partition coefficient (Wildman–Crippen LogP) is 1.80. The zero-order valence-corrected chi connectivity index (χ0v) is 10.8. The first-order valence-corrected chi connectivity index (χ1v) is 5.75. The number of methoxy groups -OCH3 is 1. The number of anilines is 2. The molecule has 0 atom stereocenters. The molecule has 0 aliphatic heterocycles. The van der Waals surface area contributed by atoms with E-state index in [1.807, 2.05) is 6.07 Å². The Morgan fingerprint density at radius 3 is 2.80 bits per heavy atom. The smallest absolute Gasteiger partial charge is 0.274 e. The molecule has 1 heterocycles. The maximum atomic E-state index is 12.0. The van der Waals surface area contributed by atoms with Crippen molar-refractivity contribution in [1.82, 2.24) is 4.98 Å². The first-order chi connectivity index (χ1) is 9.63. The Morgan fingerprint density at radius 1 is 1.40 bits per heavy atom. The number of nitrogen functional groups attached to an aromatic ring is 1. The Kier molecular flexibility index (Phi) is 3.82. The molecule has 20 heavy (non-hydrogen) atoms. The highest BCUT2D eigenvalue weighted by molar-refractivity contribution is 6.03. The Bertz CT molecular complexity index is 675. The molecule has 0 unspecified atom stereocenters. The molecule has 0 aliphatic rings. The second-order valence-corrected chi connectivity index (χ2v) is 3.96. The van der Waals surface area contributed by atoms with E-state index in [-0.39, 0.29) is 11.6 Å². The summed E-state index contributed by atoms with van der Waals surface area (Å²) in [6.07, 6.45) is 1.41. The first kappa shape index (κ1) is 13.4. The quantitative estimate of drug-likeness (QED) is 0.883. The van der Waals surface area contributed by atoms with Crippen LogP contribution in [0.5, 0.6) is 5.75 Å². The van der Waals surface area contributed by atoms with Crippen LogP contribution in [0, 0.1) is 11.3 Å². The van der Waals surface area contributed by atoms with Crippen LogP contribution in [0.15, 0.2) is 36.5 Å². The lowest BCUT2D eigenvalue weighted by atomic mass is 10.2. The van der Waals surface area contributed by atoms with Gasteiger partial charge in [-0.2, -0.15) is 5.26 Å². The number of benzene rings is 1. The van der Waals surface area contributed by atoms with Crippen LogP contribution in [0.25, 0.3) is 0 Å². The van der Waals surface area contributed by atoms with Gasteiger partial charge in [-0.05, 0) is 24.3 Å². The summed E-state index contributed by atoms with van der Waals surface area (Å²) in [6, 6.07) is 9.87. The summed E-state index contributed by atoms with van der Waals surface area (Å²) in [6.45, 7) is 0. The zero-order valence-electron chi connectivity index (χ0n) is 10.8. The molecule has 1 aromatic heterocycles. The van der Waals surface area contributed by atoms with Crippen LogP contribution in [0.2, 0.25) is 0 Å². The van der Waals surface area contributed by atoms with Crippen molar-refractivity contribution in [2.75, 3.05) is 18.2 Å². The zero-order chi connectivity index (χ0) is 14.5. The molecule has 6 nitrogen and oxygen atoms in total. The summed E-state index contributed by atoms with van der Waals surface area (Å²) in [5.74, 6) is 0.0286. The Labute approximate surface area is 115 Å². The molecule has 2 aromatic rings. The van der Waals surface area contributed by atoms with E-state index < -0.39 is 0 Å². The average molecular weight is 268 g/mol. The van der Waals surface area contributed by atoms with Crippen molar-refractivity contribution in [3.05, 3.63) is 47.8 Å². The average Bonchev–Trinajstić information content (AvgIpc) is 2.48. The molecule has 3 N–H and O–H groups in total. The van der Waals surface area contributed by atoms with Crippen LogP contribution < -0.4 is 15.8 Å². The fourth-order valence-electron chi connectivity index (χ4n) is 1.59. The fourth-order valence-corrected chi connectivity index (χ4v) is 1.59. The maximum Gasteiger partial charge on any atom is 0.274 e. The molecule has 0 aliphatic carbocycles. The summed E-state index contributed by atoms with van der Waals surface area (Å²) in [4.78, 5) is 15.9. The van der Waals surface area contributed by atoms with Gasteiger partial charge in [0.25, 0.3) is 5.91 Å². The highest BCUT2D eigenvalue weighted by atomic mass is 16.5. The van der Waals surface area contributed by atoms with Gasteiger partial charge in [-0.3, -0.25) is 4.79 Å². The van der Waals surface area contributed by atoms with Crippen molar-refractivity contribution in [2.45, 2.75) is 0 Å². The number of nitrogens with one attached hydrogen (secondary N) is 1. The molecule has 2 rings (SSSR count). The van der Waals surface area contributed by atoms with Gasteiger partial charge in [0, 0.05) is 6.07 Å². The molecule has 1 aromatic carbocycles. The second kappa shape index (κ2) is 5.71. The third kappa shape index (κ3) is 2.84. The number of nitrogens with two attached hydrogens (primary N) is 1. The summed E-state index contributed by atoms with van der Waals surface area (Å²) in [5.41, 5.74) is 7.15. The number of pyridine rings is 1. The molecule has 0 radical (unpaired) electrons. The number of hydrogen-bond donors (Lipinski definition) is 2. The van der Waals surface area contributed by atoms with Crippen molar-refractivity contribution in [3.8, 4) is 11.8 Å². The van der Waals surface area contributed by atoms with Crippen LogP contribution >= 0.6 is 0 Å². The van der Waals surface area contributed by atoms with E-state index in [0.29, 0.717) is 22.7 Å². The molecule has 0 saturated heterocycles.